The van der Waals surface area contributed by atoms with Crippen LogP contribution in [0.3, 0.4) is 0 Å². The van der Waals surface area contributed by atoms with E-state index in [2.05, 4.69) is 30.4 Å². The van der Waals surface area contributed by atoms with Crippen molar-refractivity contribution in [1.29, 1.82) is 5.26 Å². The lowest BCUT2D eigenvalue weighted by Crippen LogP contribution is -2.55. The number of nitrogens with one attached hydrogen (secondary N) is 3. The quantitative estimate of drug-likeness (QED) is 0.244. The van der Waals surface area contributed by atoms with Crippen molar-refractivity contribution in [3.05, 3.63) is 76.0 Å². The molecule has 0 spiro atoms. The first-order chi connectivity index (χ1) is 24.9. The van der Waals surface area contributed by atoms with E-state index < -0.39 is 58.9 Å². The molecule has 0 radical (unpaired) electrons. The number of nitriles is 1. The number of likely N-dealkylation sites (N-methyl/N-ethyl adjacent to an activating group) is 1. The molecule has 5 rings (SSSR count). The van der Waals surface area contributed by atoms with Crippen LogP contribution in [0.5, 0.6) is 0 Å². The number of rotatable bonds is 11. The Morgan fingerprint density at radius 3 is 2.50 bits per heavy atom. The molecule has 16 heteroatoms. The maximum Gasteiger partial charge on any atom is 0.349 e. The normalized spacial score (nSPS) is 19.4. The summed E-state index contributed by atoms with van der Waals surface area (Å²) in [5.41, 5.74) is -0.298. The molecule has 3 aromatic rings. The van der Waals surface area contributed by atoms with Crippen molar-refractivity contribution < 1.29 is 32.3 Å². The molecule has 3 N–H and O–H groups in total. The van der Waals surface area contributed by atoms with Gasteiger partial charge in [-0.2, -0.15) is 14.0 Å². The van der Waals surface area contributed by atoms with Crippen molar-refractivity contribution in [2.24, 2.45) is 5.92 Å². The minimum atomic E-state index is -3.90. The van der Waals surface area contributed by atoms with Crippen LogP contribution in [0.15, 0.2) is 48.7 Å². The molecule has 2 unspecified atom stereocenters. The lowest BCUT2D eigenvalue weighted by molar-refractivity contribution is -0.148. The van der Waals surface area contributed by atoms with E-state index in [1.165, 1.54) is 30.5 Å². The van der Waals surface area contributed by atoms with Crippen LogP contribution in [-0.4, -0.2) is 88.3 Å². The third-order valence-corrected chi connectivity index (χ3v) is 10.5. The SMILES string of the molecule is C[C@@H](c1ccc(NC(=O)CC2CCCCCC2NC(=O)C(F)(F)c2cccc(C#N)c2)c(F)c1)[C@@H](NC(=O)c1cnns1)C(=O)N1CCN(C)CC1. The molecule has 52 heavy (non-hydrogen) atoms. The van der Waals surface area contributed by atoms with Gasteiger partial charge in [-0.05, 0) is 67.2 Å². The minimum Gasteiger partial charge on any atom is -0.348 e. The Bertz CT molecular complexity index is 1800. The van der Waals surface area contributed by atoms with E-state index in [1.807, 2.05) is 7.05 Å². The van der Waals surface area contributed by atoms with Crippen LogP contribution in [0.25, 0.3) is 0 Å². The second-order valence-electron chi connectivity index (χ2n) is 13.4. The number of hydrogen-bond acceptors (Lipinski definition) is 9. The fraction of sp³-hybridized carbons (Fsp3) is 0.472. The summed E-state index contributed by atoms with van der Waals surface area (Å²) < 4.78 is 49.6. The van der Waals surface area contributed by atoms with Gasteiger partial charge in [-0.1, -0.05) is 48.9 Å². The van der Waals surface area contributed by atoms with Gasteiger partial charge in [-0.15, -0.1) is 5.10 Å². The number of hydrogen-bond donors (Lipinski definition) is 3. The van der Waals surface area contributed by atoms with Gasteiger partial charge < -0.3 is 25.8 Å². The smallest absolute Gasteiger partial charge is 0.348 e. The van der Waals surface area contributed by atoms with Crippen molar-refractivity contribution >= 4 is 40.8 Å². The molecule has 2 heterocycles. The van der Waals surface area contributed by atoms with Crippen molar-refractivity contribution in [2.45, 2.75) is 69.4 Å². The zero-order valence-corrected chi connectivity index (χ0v) is 29.7. The molecule has 12 nitrogen and oxygen atoms in total. The zero-order chi connectivity index (χ0) is 37.4. The van der Waals surface area contributed by atoms with Crippen LogP contribution in [0, 0.1) is 23.1 Å². The lowest BCUT2D eigenvalue weighted by Gasteiger charge is -2.36. The predicted octanol–water partition coefficient (Wildman–Crippen LogP) is 4.41. The Kier molecular flexibility index (Phi) is 12.6. The number of nitrogens with zero attached hydrogens (tertiary/aromatic N) is 5. The molecule has 0 bridgehead atoms. The molecule has 2 aliphatic rings. The van der Waals surface area contributed by atoms with Crippen molar-refractivity contribution in [3.8, 4) is 6.07 Å². The van der Waals surface area contributed by atoms with Crippen LogP contribution in [-0.2, 0) is 20.3 Å². The summed E-state index contributed by atoms with van der Waals surface area (Å²) in [6.07, 6.45) is 4.26. The van der Waals surface area contributed by atoms with E-state index in [1.54, 1.807) is 24.0 Å². The average molecular weight is 739 g/mol. The number of piperazine rings is 1. The second kappa shape index (κ2) is 17.1. The van der Waals surface area contributed by atoms with Gasteiger partial charge in [0.05, 0.1) is 23.5 Å². The Balaban J connectivity index is 1.26. The minimum absolute atomic E-state index is 0.000809. The largest absolute Gasteiger partial charge is 0.349 e. The molecule has 1 aromatic heterocycles. The molecular weight excluding hydrogens is 698 g/mol. The first-order valence-corrected chi connectivity index (χ1v) is 18.0. The van der Waals surface area contributed by atoms with Gasteiger partial charge in [-0.3, -0.25) is 19.2 Å². The molecule has 4 amide bonds. The number of benzene rings is 2. The standard InChI is InChI=1S/C36H41F3N8O4S/c1-22(32(44-33(49)30-21-41-45-52-30)34(50)47-15-13-46(2)14-16-47)24-11-12-29(27(37)18-24)42-31(48)19-25-8-4-3-5-10-28(25)43-35(51)36(38,39)26-9-6-7-23(17-26)20-40/h6-7,9,11-12,17-18,21-22,25,28,32H,3-5,8,10,13-16,19H2,1-2H3,(H,42,48)(H,43,51)(H,44,49)/t22-,25?,28?,32+/m0/s1. The maximum atomic E-state index is 15.6. The highest BCUT2D eigenvalue weighted by molar-refractivity contribution is 7.07. The van der Waals surface area contributed by atoms with E-state index in [9.17, 15) is 19.2 Å². The summed E-state index contributed by atoms with van der Waals surface area (Å²) >= 11 is 0.887. The number of alkyl halides is 2. The fourth-order valence-corrected chi connectivity index (χ4v) is 7.06. The number of anilines is 1. The van der Waals surface area contributed by atoms with Gasteiger partial charge in [-0.25, -0.2) is 4.39 Å². The van der Waals surface area contributed by atoms with Crippen LogP contribution in [0.2, 0.25) is 0 Å². The second-order valence-corrected chi connectivity index (χ2v) is 14.2. The summed E-state index contributed by atoms with van der Waals surface area (Å²) in [4.78, 5) is 56.8. The Hall–Kier alpha value is -4.88. The monoisotopic (exact) mass is 738 g/mol. The van der Waals surface area contributed by atoms with Crippen LogP contribution in [0.1, 0.15) is 77.7 Å². The van der Waals surface area contributed by atoms with Gasteiger partial charge in [0.15, 0.2) is 0 Å². The lowest BCUT2D eigenvalue weighted by atomic mass is 9.90. The van der Waals surface area contributed by atoms with Gasteiger partial charge in [0.2, 0.25) is 11.8 Å². The van der Waals surface area contributed by atoms with E-state index in [0.717, 1.165) is 36.5 Å². The molecule has 1 saturated carbocycles. The molecule has 1 aliphatic carbocycles. The first-order valence-electron chi connectivity index (χ1n) is 17.2. The maximum absolute atomic E-state index is 15.6. The summed E-state index contributed by atoms with van der Waals surface area (Å²) in [5, 5.41) is 20.6. The molecule has 1 saturated heterocycles. The summed E-state index contributed by atoms with van der Waals surface area (Å²) in [6.45, 7) is 3.99. The summed E-state index contributed by atoms with van der Waals surface area (Å²) in [5.74, 6) is -8.69. The molecule has 2 fully saturated rings. The van der Waals surface area contributed by atoms with Crippen LogP contribution >= 0.6 is 11.5 Å². The fourth-order valence-electron chi connectivity index (χ4n) is 6.64. The third kappa shape index (κ3) is 9.31. The van der Waals surface area contributed by atoms with E-state index in [4.69, 9.17) is 5.26 Å². The van der Waals surface area contributed by atoms with Crippen molar-refractivity contribution in [2.75, 3.05) is 38.5 Å². The zero-order valence-electron chi connectivity index (χ0n) is 28.9. The van der Waals surface area contributed by atoms with Gasteiger partial charge >= 0.3 is 5.92 Å². The summed E-state index contributed by atoms with van der Waals surface area (Å²) in [7, 11) is 1.96. The Morgan fingerprint density at radius 1 is 1.06 bits per heavy atom. The number of halogens is 3. The third-order valence-electron chi connectivity index (χ3n) is 9.81. The topological polar surface area (TPSA) is 160 Å². The highest BCUT2D eigenvalue weighted by Gasteiger charge is 2.43. The van der Waals surface area contributed by atoms with E-state index >= 15 is 13.2 Å². The van der Waals surface area contributed by atoms with E-state index in [0.29, 0.717) is 51.0 Å². The Morgan fingerprint density at radius 2 is 1.81 bits per heavy atom. The number of carbonyl (C=O) groups excluding carboxylic acids is 4. The van der Waals surface area contributed by atoms with E-state index in [-0.39, 0.29) is 28.5 Å². The van der Waals surface area contributed by atoms with Gasteiger partial charge in [0, 0.05) is 50.1 Å². The molecular formula is C36H41F3N8O4S. The van der Waals surface area contributed by atoms with Gasteiger partial charge in [0.25, 0.3) is 11.8 Å². The Labute approximate surface area is 303 Å². The van der Waals surface area contributed by atoms with Crippen molar-refractivity contribution in [1.82, 2.24) is 30.0 Å². The van der Waals surface area contributed by atoms with Crippen LogP contribution in [0.4, 0.5) is 18.9 Å². The number of amides is 4. The molecule has 276 valence electrons. The first kappa shape index (κ1) is 38.4. The number of aromatic nitrogens is 2. The molecule has 4 atom stereocenters. The predicted molar refractivity (Wildman–Crippen MR) is 187 cm³/mol. The highest BCUT2D eigenvalue weighted by Crippen LogP contribution is 2.32. The van der Waals surface area contributed by atoms with Gasteiger partial charge in [0.1, 0.15) is 16.7 Å². The van der Waals surface area contributed by atoms with Crippen LogP contribution < -0.4 is 16.0 Å². The summed E-state index contributed by atoms with van der Waals surface area (Å²) in [6, 6.07) is 8.93. The number of carbonyl (C=O) groups is 4. The highest BCUT2D eigenvalue weighted by atomic mass is 32.1. The van der Waals surface area contributed by atoms with Crippen molar-refractivity contribution in [3.63, 3.8) is 0 Å². The molecule has 2 aromatic carbocycles. The molecule has 1 aliphatic heterocycles. The average Bonchev–Trinajstić information content (AvgIpc) is 3.60.